The molecule has 0 aliphatic heterocycles. The van der Waals surface area contributed by atoms with Crippen LogP contribution < -0.4 is 5.32 Å². The molecule has 0 bridgehead atoms. The summed E-state index contributed by atoms with van der Waals surface area (Å²) in [4.78, 5) is 27.3. The Morgan fingerprint density at radius 2 is 1.74 bits per heavy atom. The first-order valence-corrected chi connectivity index (χ1v) is 10.1. The Morgan fingerprint density at radius 1 is 1.11 bits per heavy atom. The van der Waals surface area contributed by atoms with Gasteiger partial charge < -0.3 is 15.0 Å². The molecule has 1 N–H and O–H groups in total. The van der Waals surface area contributed by atoms with E-state index in [-0.39, 0.29) is 29.7 Å². The molecule has 1 fully saturated rings. The summed E-state index contributed by atoms with van der Waals surface area (Å²) in [6.07, 6.45) is 4.02. The van der Waals surface area contributed by atoms with E-state index < -0.39 is 0 Å². The van der Waals surface area contributed by atoms with Crippen LogP contribution >= 0.6 is 0 Å². The molecule has 0 spiro atoms. The van der Waals surface area contributed by atoms with Crippen LogP contribution in [0.25, 0.3) is 0 Å². The molecule has 1 saturated carbocycles. The van der Waals surface area contributed by atoms with Crippen molar-refractivity contribution < 1.29 is 14.3 Å². The van der Waals surface area contributed by atoms with Crippen LogP contribution in [0.15, 0.2) is 30.3 Å². The van der Waals surface area contributed by atoms with Crippen molar-refractivity contribution in [1.29, 1.82) is 0 Å². The fourth-order valence-corrected chi connectivity index (χ4v) is 3.70. The standard InChI is InChI=1S/C22H34N2O3/c1-17(2)24(16-18-8-5-4-6-9-18)22(26)20-12-10-19(11-13-20)21(25)23-14-7-15-27-3/h4-6,8-9,17,19-20H,7,10-16H2,1-3H3,(H,23,25). The van der Waals surface area contributed by atoms with E-state index in [4.69, 9.17) is 4.74 Å². The van der Waals surface area contributed by atoms with E-state index in [9.17, 15) is 9.59 Å². The normalized spacial score (nSPS) is 19.7. The van der Waals surface area contributed by atoms with Crippen molar-refractivity contribution in [3.05, 3.63) is 35.9 Å². The molecule has 0 saturated heterocycles. The van der Waals surface area contributed by atoms with Gasteiger partial charge in [0.05, 0.1) is 0 Å². The second-order valence-electron chi connectivity index (χ2n) is 7.73. The Balaban J connectivity index is 1.84. The fraction of sp³-hybridized carbons (Fsp3) is 0.636. The molecule has 1 aromatic carbocycles. The van der Waals surface area contributed by atoms with Gasteiger partial charge >= 0.3 is 0 Å². The zero-order valence-electron chi connectivity index (χ0n) is 16.9. The predicted octanol–water partition coefficient (Wildman–Crippen LogP) is 3.38. The number of amides is 2. The summed E-state index contributed by atoms with van der Waals surface area (Å²) in [5, 5.41) is 2.99. The molecule has 1 aromatic rings. The lowest BCUT2D eigenvalue weighted by Crippen LogP contribution is -2.42. The first-order chi connectivity index (χ1) is 13.0. The molecule has 2 amide bonds. The Kier molecular flexibility index (Phi) is 8.79. The average molecular weight is 375 g/mol. The van der Waals surface area contributed by atoms with Crippen molar-refractivity contribution in [2.24, 2.45) is 11.8 Å². The van der Waals surface area contributed by atoms with Crippen LogP contribution in [-0.2, 0) is 20.9 Å². The molecule has 5 heteroatoms. The number of methoxy groups -OCH3 is 1. The van der Waals surface area contributed by atoms with Gasteiger partial charge in [0, 0.05) is 44.7 Å². The van der Waals surface area contributed by atoms with E-state index in [2.05, 4.69) is 31.3 Å². The number of benzene rings is 1. The Labute approximate surface area is 163 Å². The third kappa shape index (κ3) is 6.65. The van der Waals surface area contributed by atoms with E-state index in [0.29, 0.717) is 19.7 Å². The van der Waals surface area contributed by atoms with Crippen LogP contribution in [0.1, 0.15) is 51.5 Å². The maximum atomic E-state index is 13.1. The quantitative estimate of drug-likeness (QED) is 0.674. The van der Waals surface area contributed by atoms with Crippen LogP contribution in [0.4, 0.5) is 0 Å². The van der Waals surface area contributed by atoms with E-state index >= 15 is 0 Å². The first kappa shape index (κ1) is 21.4. The lowest BCUT2D eigenvalue weighted by Gasteiger charge is -2.34. The number of carbonyl (C=O) groups excluding carboxylic acids is 2. The molecule has 2 rings (SSSR count). The zero-order chi connectivity index (χ0) is 19.6. The molecule has 0 unspecified atom stereocenters. The van der Waals surface area contributed by atoms with Gasteiger partial charge in [0.2, 0.25) is 11.8 Å². The highest BCUT2D eigenvalue weighted by Gasteiger charge is 2.32. The largest absolute Gasteiger partial charge is 0.385 e. The highest BCUT2D eigenvalue weighted by atomic mass is 16.5. The number of hydrogen-bond donors (Lipinski definition) is 1. The monoisotopic (exact) mass is 374 g/mol. The van der Waals surface area contributed by atoms with Crippen molar-refractivity contribution in [3.63, 3.8) is 0 Å². The van der Waals surface area contributed by atoms with Crippen LogP contribution in [0, 0.1) is 11.8 Å². The van der Waals surface area contributed by atoms with Crippen molar-refractivity contribution in [2.75, 3.05) is 20.3 Å². The van der Waals surface area contributed by atoms with Gasteiger partial charge in [-0.1, -0.05) is 30.3 Å². The highest BCUT2D eigenvalue weighted by Crippen LogP contribution is 2.31. The smallest absolute Gasteiger partial charge is 0.226 e. The van der Waals surface area contributed by atoms with Gasteiger partial charge in [0.15, 0.2) is 0 Å². The molecule has 27 heavy (non-hydrogen) atoms. The van der Waals surface area contributed by atoms with Gasteiger partial charge in [0.1, 0.15) is 0 Å². The molecule has 0 aromatic heterocycles. The maximum absolute atomic E-state index is 13.1. The number of hydrogen-bond acceptors (Lipinski definition) is 3. The molecule has 1 aliphatic carbocycles. The molecule has 5 nitrogen and oxygen atoms in total. The molecule has 0 heterocycles. The van der Waals surface area contributed by atoms with Crippen LogP contribution in [0.2, 0.25) is 0 Å². The molecule has 1 aliphatic rings. The summed E-state index contributed by atoms with van der Waals surface area (Å²) in [5.74, 6) is 0.432. The van der Waals surface area contributed by atoms with Crippen LogP contribution in [0.5, 0.6) is 0 Å². The van der Waals surface area contributed by atoms with Crippen molar-refractivity contribution in [2.45, 2.75) is 58.5 Å². The van der Waals surface area contributed by atoms with Gasteiger partial charge in [-0.3, -0.25) is 9.59 Å². The second kappa shape index (κ2) is 11.1. The van der Waals surface area contributed by atoms with Gasteiger partial charge in [-0.2, -0.15) is 0 Å². The molecular formula is C22H34N2O3. The zero-order valence-corrected chi connectivity index (χ0v) is 16.9. The maximum Gasteiger partial charge on any atom is 0.226 e. The third-order valence-corrected chi connectivity index (χ3v) is 5.37. The first-order valence-electron chi connectivity index (χ1n) is 10.1. The van der Waals surface area contributed by atoms with Crippen LogP contribution in [-0.4, -0.2) is 43.0 Å². The lowest BCUT2D eigenvalue weighted by atomic mass is 9.80. The fourth-order valence-electron chi connectivity index (χ4n) is 3.70. The van der Waals surface area contributed by atoms with Crippen molar-refractivity contribution in [1.82, 2.24) is 10.2 Å². The Morgan fingerprint density at radius 3 is 2.33 bits per heavy atom. The van der Waals surface area contributed by atoms with Crippen molar-refractivity contribution in [3.8, 4) is 0 Å². The number of nitrogens with one attached hydrogen (secondary N) is 1. The molecule has 0 atom stereocenters. The number of ether oxygens (including phenoxy) is 1. The van der Waals surface area contributed by atoms with Gasteiger partial charge in [-0.15, -0.1) is 0 Å². The topological polar surface area (TPSA) is 58.6 Å². The molecular weight excluding hydrogens is 340 g/mol. The molecule has 150 valence electrons. The van der Waals surface area contributed by atoms with E-state index in [1.807, 2.05) is 23.1 Å². The summed E-state index contributed by atoms with van der Waals surface area (Å²) in [6.45, 7) is 6.11. The average Bonchev–Trinajstić information content (AvgIpc) is 2.69. The van der Waals surface area contributed by atoms with Gasteiger partial charge in [-0.05, 0) is 51.5 Å². The van der Waals surface area contributed by atoms with E-state index in [1.54, 1.807) is 7.11 Å². The Hall–Kier alpha value is -1.88. The minimum absolute atomic E-state index is 0.0358. The predicted molar refractivity (Wildman–Crippen MR) is 107 cm³/mol. The number of nitrogens with zero attached hydrogens (tertiary/aromatic N) is 1. The lowest BCUT2D eigenvalue weighted by molar-refractivity contribution is -0.140. The summed E-state index contributed by atoms with van der Waals surface area (Å²) in [7, 11) is 1.67. The number of rotatable bonds is 9. The van der Waals surface area contributed by atoms with E-state index in [1.165, 1.54) is 0 Å². The van der Waals surface area contributed by atoms with Gasteiger partial charge in [0.25, 0.3) is 0 Å². The van der Waals surface area contributed by atoms with Crippen LogP contribution in [0.3, 0.4) is 0 Å². The minimum Gasteiger partial charge on any atom is -0.385 e. The summed E-state index contributed by atoms with van der Waals surface area (Å²) in [6, 6.07) is 10.3. The highest BCUT2D eigenvalue weighted by molar-refractivity contribution is 5.81. The van der Waals surface area contributed by atoms with E-state index in [0.717, 1.165) is 37.7 Å². The second-order valence-corrected chi connectivity index (χ2v) is 7.73. The van der Waals surface area contributed by atoms with Crippen molar-refractivity contribution >= 4 is 11.8 Å². The summed E-state index contributed by atoms with van der Waals surface area (Å²) < 4.78 is 5.00. The minimum atomic E-state index is 0.0358. The molecule has 0 radical (unpaired) electrons. The SMILES string of the molecule is COCCCNC(=O)C1CCC(C(=O)N(Cc2ccccc2)C(C)C)CC1. The number of carbonyl (C=O) groups is 2. The summed E-state index contributed by atoms with van der Waals surface area (Å²) >= 11 is 0. The van der Waals surface area contributed by atoms with Gasteiger partial charge in [-0.25, -0.2) is 0 Å². The third-order valence-electron chi connectivity index (χ3n) is 5.37. The Bertz CT molecular complexity index is 580. The summed E-state index contributed by atoms with van der Waals surface area (Å²) in [5.41, 5.74) is 1.16.